The van der Waals surface area contributed by atoms with E-state index in [1.165, 1.54) is 116 Å². The van der Waals surface area contributed by atoms with Crippen LogP contribution in [0.1, 0.15) is 189 Å². The van der Waals surface area contributed by atoms with Crippen molar-refractivity contribution >= 4 is 12.1 Å². The first-order valence-corrected chi connectivity index (χ1v) is 19.6. The van der Waals surface area contributed by atoms with E-state index >= 15 is 0 Å². The first-order valence-electron chi connectivity index (χ1n) is 19.6. The lowest BCUT2D eigenvalue weighted by molar-refractivity contribution is -0.144. The molecule has 1 heterocycles. The summed E-state index contributed by atoms with van der Waals surface area (Å²) < 4.78 is 11.2. The normalized spacial score (nSPS) is 14.3. The number of unbranched alkanes of at least 4 members (excludes halogenated alkanes) is 17. The standard InChI is InChI=1S/C39H76N2O4/c1-6-8-10-12-14-15-16-17-18-20-22-24-30-40(31-25-35-44-37(42)26-23-21-19-13-11-9-7-2)32-27-36-28-33-41(34-29-36)38(43)45-39(3,4)5/h36H,6-35H2,1-5H3. The van der Waals surface area contributed by atoms with Crippen molar-refractivity contribution in [2.75, 3.05) is 39.3 Å². The molecule has 0 N–H and O–H groups in total. The van der Waals surface area contributed by atoms with Crippen LogP contribution in [-0.2, 0) is 14.3 Å². The average Bonchev–Trinajstić information content (AvgIpc) is 3.01. The number of hydrogen-bond donors (Lipinski definition) is 0. The quantitative estimate of drug-likeness (QED) is 0.0631. The second kappa shape index (κ2) is 27.8. The molecule has 0 saturated carbocycles. The predicted octanol–water partition coefficient (Wildman–Crippen LogP) is 11.1. The Balaban J connectivity index is 2.31. The van der Waals surface area contributed by atoms with E-state index in [1.807, 2.05) is 25.7 Å². The molecule has 1 aliphatic heterocycles. The summed E-state index contributed by atoms with van der Waals surface area (Å²) in [6.45, 7) is 15.7. The third-order valence-electron chi connectivity index (χ3n) is 9.31. The van der Waals surface area contributed by atoms with Gasteiger partial charge in [-0.2, -0.15) is 0 Å². The summed E-state index contributed by atoms with van der Waals surface area (Å²) in [7, 11) is 0. The van der Waals surface area contributed by atoms with Crippen molar-refractivity contribution in [3.63, 3.8) is 0 Å². The highest BCUT2D eigenvalue weighted by atomic mass is 16.6. The first-order chi connectivity index (χ1) is 21.7. The van der Waals surface area contributed by atoms with E-state index in [0.29, 0.717) is 18.9 Å². The van der Waals surface area contributed by atoms with E-state index in [1.54, 1.807) is 0 Å². The number of carbonyl (C=O) groups is 2. The van der Waals surface area contributed by atoms with Crippen molar-refractivity contribution < 1.29 is 19.1 Å². The molecule has 0 unspecified atom stereocenters. The number of amides is 1. The van der Waals surface area contributed by atoms with Crippen LogP contribution in [0.25, 0.3) is 0 Å². The van der Waals surface area contributed by atoms with Gasteiger partial charge in [0, 0.05) is 26.1 Å². The van der Waals surface area contributed by atoms with Gasteiger partial charge in [0.2, 0.25) is 0 Å². The number of piperidine rings is 1. The third-order valence-corrected chi connectivity index (χ3v) is 9.31. The van der Waals surface area contributed by atoms with E-state index in [0.717, 1.165) is 64.8 Å². The Morgan fingerprint density at radius 2 is 1.11 bits per heavy atom. The summed E-state index contributed by atoms with van der Waals surface area (Å²) >= 11 is 0. The zero-order chi connectivity index (χ0) is 33.0. The molecule has 1 fully saturated rings. The third kappa shape index (κ3) is 25.5. The van der Waals surface area contributed by atoms with Crippen LogP contribution < -0.4 is 0 Å². The Bertz CT molecular complexity index is 700. The Morgan fingerprint density at radius 1 is 0.644 bits per heavy atom. The van der Waals surface area contributed by atoms with Crippen LogP contribution >= 0.6 is 0 Å². The predicted molar refractivity (Wildman–Crippen MR) is 191 cm³/mol. The van der Waals surface area contributed by atoms with E-state index < -0.39 is 5.60 Å². The van der Waals surface area contributed by atoms with Gasteiger partial charge < -0.3 is 19.3 Å². The number of carbonyl (C=O) groups excluding carboxylic acids is 2. The molecule has 0 aliphatic carbocycles. The number of hydrogen-bond acceptors (Lipinski definition) is 5. The summed E-state index contributed by atoms with van der Waals surface area (Å²) in [5, 5.41) is 0. The van der Waals surface area contributed by atoms with Gasteiger partial charge in [0.05, 0.1) is 6.61 Å². The minimum absolute atomic E-state index is 0.0205. The van der Waals surface area contributed by atoms with Gasteiger partial charge in [0.15, 0.2) is 0 Å². The largest absolute Gasteiger partial charge is 0.466 e. The average molecular weight is 637 g/mol. The second-order valence-electron chi connectivity index (χ2n) is 14.9. The number of ether oxygens (including phenoxy) is 2. The lowest BCUT2D eigenvalue weighted by Gasteiger charge is -2.34. The molecular weight excluding hydrogens is 560 g/mol. The Hall–Kier alpha value is -1.30. The lowest BCUT2D eigenvalue weighted by Crippen LogP contribution is -2.42. The summed E-state index contributed by atoms with van der Waals surface area (Å²) in [6, 6.07) is 0. The Kier molecular flexibility index (Phi) is 25.8. The van der Waals surface area contributed by atoms with Gasteiger partial charge in [-0.1, -0.05) is 123 Å². The van der Waals surface area contributed by atoms with Crippen molar-refractivity contribution in [3.05, 3.63) is 0 Å². The van der Waals surface area contributed by atoms with Crippen LogP contribution in [0, 0.1) is 5.92 Å². The van der Waals surface area contributed by atoms with E-state index in [2.05, 4.69) is 18.7 Å². The Labute approximate surface area is 280 Å². The van der Waals surface area contributed by atoms with Gasteiger partial charge in [-0.3, -0.25) is 4.79 Å². The molecule has 0 aromatic rings. The van der Waals surface area contributed by atoms with Gasteiger partial charge in [-0.05, 0) is 78.3 Å². The fraction of sp³-hybridized carbons (Fsp3) is 0.949. The van der Waals surface area contributed by atoms with Crippen molar-refractivity contribution in [1.29, 1.82) is 0 Å². The van der Waals surface area contributed by atoms with Crippen LogP contribution in [0.15, 0.2) is 0 Å². The van der Waals surface area contributed by atoms with E-state index in [9.17, 15) is 9.59 Å². The van der Waals surface area contributed by atoms with Gasteiger partial charge in [0.1, 0.15) is 5.60 Å². The van der Waals surface area contributed by atoms with Crippen molar-refractivity contribution in [1.82, 2.24) is 9.80 Å². The highest BCUT2D eigenvalue weighted by Crippen LogP contribution is 2.23. The summed E-state index contributed by atoms with van der Waals surface area (Å²) in [6.07, 6.45) is 29.7. The van der Waals surface area contributed by atoms with Crippen LogP contribution in [0.3, 0.4) is 0 Å². The minimum Gasteiger partial charge on any atom is -0.466 e. The molecule has 1 rings (SSSR count). The second-order valence-corrected chi connectivity index (χ2v) is 14.9. The molecule has 0 aromatic carbocycles. The van der Waals surface area contributed by atoms with Crippen molar-refractivity contribution in [3.8, 4) is 0 Å². The molecule has 6 heteroatoms. The monoisotopic (exact) mass is 637 g/mol. The van der Waals surface area contributed by atoms with Crippen LogP contribution in [0.5, 0.6) is 0 Å². The summed E-state index contributed by atoms with van der Waals surface area (Å²) in [4.78, 5) is 29.2. The highest BCUT2D eigenvalue weighted by molar-refractivity contribution is 5.69. The maximum Gasteiger partial charge on any atom is 0.410 e. The first kappa shape index (κ1) is 41.7. The summed E-state index contributed by atoms with van der Waals surface area (Å²) in [5.74, 6) is 0.640. The van der Waals surface area contributed by atoms with Crippen LogP contribution in [-0.4, -0.2) is 66.8 Å². The van der Waals surface area contributed by atoms with Crippen LogP contribution in [0.2, 0.25) is 0 Å². The molecule has 1 saturated heterocycles. The number of likely N-dealkylation sites (tertiary alicyclic amines) is 1. The highest BCUT2D eigenvalue weighted by Gasteiger charge is 2.27. The maximum atomic E-state index is 12.5. The van der Waals surface area contributed by atoms with E-state index in [-0.39, 0.29) is 12.1 Å². The molecule has 1 amide bonds. The molecule has 266 valence electrons. The molecule has 0 radical (unpaired) electrons. The van der Waals surface area contributed by atoms with Crippen molar-refractivity contribution in [2.45, 2.75) is 194 Å². The van der Waals surface area contributed by atoms with E-state index in [4.69, 9.17) is 9.47 Å². The topological polar surface area (TPSA) is 59.1 Å². The van der Waals surface area contributed by atoms with Gasteiger partial charge in [0.25, 0.3) is 0 Å². The molecule has 1 aliphatic rings. The molecule has 6 nitrogen and oxygen atoms in total. The smallest absolute Gasteiger partial charge is 0.410 e. The summed E-state index contributed by atoms with van der Waals surface area (Å²) in [5.41, 5.74) is -0.440. The zero-order valence-electron chi connectivity index (χ0n) is 30.8. The molecule has 0 atom stereocenters. The number of rotatable bonds is 28. The van der Waals surface area contributed by atoms with Gasteiger partial charge in [-0.15, -0.1) is 0 Å². The number of esters is 1. The molecular formula is C39H76N2O4. The fourth-order valence-electron chi connectivity index (χ4n) is 6.38. The zero-order valence-corrected chi connectivity index (χ0v) is 30.8. The maximum absolute atomic E-state index is 12.5. The molecule has 0 aromatic heterocycles. The molecule has 0 spiro atoms. The van der Waals surface area contributed by atoms with Gasteiger partial charge in [-0.25, -0.2) is 4.79 Å². The SMILES string of the molecule is CCCCCCCCCCCCCCN(CCCOC(=O)CCCCCCCCC)CCC1CCN(C(=O)OC(C)(C)C)CC1. The lowest BCUT2D eigenvalue weighted by atomic mass is 9.93. The van der Waals surface area contributed by atoms with Gasteiger partial charge >= 0.3 is 12.1 Å². The number of nitrogens with zero attached hydrogens (tertiary/aromatic N) is 2. The Morgan fingerprint density at radius 3 is 1.62 bits per heavy atom. The van der Waals surface area contributed by atoms with Crippen molar-refractivity contribution in [2.24, 2.45) is 5.92 Å². The molecule has 45 heavy (non-hydrogen) atoms. The minimum atomic E-state index is -0.440. The van der Waals surface area contributed by atoms with Crippen LogP contribution in [0.4, 0.5) is 4.79 Å². The fourth-order valence-corrected chi connectivity index (χ4v) is 6.38. The molecule has 0 bridgehead atoms.